The third kappa shape index (κ3) is 5.55. The molecule has 0 amide bonds. The van der Waals surface area contributed by atoms with Crippen molar-refractivity contribution in [3.8, 4) is 0 Å². The summed E-state index contributed by atoms with van der Waals surface area (Å²) >= 11 is 0. The van der Waals surface area contributed by atoms with Gasteiger partial charge in [-0.05, 0) is 65.2 Å². The summed E-state index contributed by atoms with van der Waals surface area (Å²) in [6, 6.07) is 0. The van der Waals surface area contributed by atoms with Crippen LogP contribution in [0.2, 0.25) is 0 Å². The van der Waals surface area contributed by atoms with Crippen LogP contribution in [0.4, 0.5) is 0 Å². The molecule has 0 radical (unpaired) electrons. The summed E-state index contributed by atoms with van der Waals surface area (Å²) in [5.41, 5.74) is 0.819. The Morgan fingerprint density at radius 3 is 1.23 bits per heavy atom. The molecule has 0 N–H and O–H groups in total. The highest BCUT2D eigenvalue weighted by molar-refractivity contribution is 5.87. The Hall–Kier alpha value is -1.91. The topological polar surface area (TPSA) is 69.7 Å². The predicted octanol–water partition coefficient (Wildman–Crippen LogP) is 3.91. The van der Waals surface area contributed by atoms with Crippen molar-refractivity contribution in [2.24, 2.45) is 11.8 Å². The monoisotopic (exact) mass is 362 g/mol. The summed E-state index contributed by atoms with van der Waals surface area (Å²) in [5, 5.41) is 0. The number of carbonyl (C=O) groups excluding carboxylic acids is 3. The van der Waals surface area contributed by atoms with Crippen molar-refractivity contribution >= 4 is 17.7 Å². The van der Waals surface area contributed by atoms with E-state index in [-0.39, 0.29) is 36.0 Å². The fourth-order valence-electron chi connectivity index (χ4n) is 3.77. The van der Waals surface area contributed by atoms with Gasteiger partial charge < -0.3 is 9.47 Å². The fourth-order valence-corrected chi connectivity index (χ4v) is 3.77. The predicted molar refractivity (Wildman–Crippen MR) is 98.3 cm³/mol. The van der Waals surface area contributed by atoms with Crippen LogP contribution >= 0.6 is 0 Å². The summed E-state index contributed by atoms with van der Waals surface area (Å²) in [6.07, 6.45) is 5.86. The zero-order valence-electron chi connectivity index (χ0n) is 15.9. The maximum absolute atomic E-state index is 12.8. The van der Waals surface area contributed by atoms with Crippen LogP contribution in [0.3, 0.4) is 0 Å². The molecule has 0 unspecified atom stereocenters. The molecule has 0 heterocycles. The number of carbonyl (C=O) groups is 3. The first-order valence-corrected chi connectivity index (χ1v) is 9.54. The molecule has 26 heavy (non-hydrogen) atoms. The first-order chi connectivity index (χ1) is 12.3. The van der Waals surface area contributed by atoms with Crippen LogP contribution in [0.1, 0.15) is 65.2 Å². The largest absolute Gasteiger partial charge is 0.459 e. The molecule has 0 bridgehead atoms. The first kappa shape index (κ1) is 20.4. The molecule has 0 aliphatic heterocycles. The van der Waals surface area contributed by atoms with E-state index in [0.29, 0.717) is 16.9 Å². The summed E-state index contributed by atoms with van der Waals surface area (Å²) < 4.78 is 10.8. The number of Topliss-reactive ketones (excluding diaryl/α,β-unsaturated/α-hetero) is 1. The molecule has 0 atom stereocenters. The summed E-state index contributed by atoms with van der Waals surface area (Å²) in [7, 11) is 0. The highest BCUT2D eigenvalue weighted by atomic mass is 16.5. The molecule has 5 heteroatoms. The lowest BCUT2D eigenvalue weighted by Gasteiger charge is -2.32. The Kier molecular flexibility index (Phi) is 7.18. The van der Waals surface area contributed by atoms with E-state index in [0.717, 1.165) is 51.4 Å². The molecule has 0 aromatic heterocycles. The molecular formula is C21H30O5. The van der Waals surface area contributed by atoms with Crippen LogP contribution in [-0.4, -0.2) is 29.9 Å². The van der Waals surface area contributed by atoms with Crippen LogP contribution in [0.15, 0.2) is 24.3 Å². The minimum Gasteiger partial charge on any atom is -0.459 e. The van der Waals surface area contributed by atoms with E-state index in [1.165, 1.54) is 0 Å². The number of esters is 2. The van der Waals surface area contributed by atoms with Crippen molar-refractivity contribution in [1.82, 2.24) is 0 Å². The van der Waals surface area contributed by atoms with Crippen LogP contribution < -0.4 is 0 Å². The Morgan fingerprint density at radius 2 is 0.962 bits per heavy atom. The molecule has 2 aliphatic carbocycles. The second kappa shape index (κ2) is 9.15. The molecule has 0 saturated heterocycles. The smallest absolute Gasteiger partial charge is 0.333 e. The van der Waals surface area contributed by atoms with Gasteiger partial charge in [0.2, 0.25) is 0 Å². The summed E-state index contributed by atoms with van der Waals surface area (Å²) in [6.45, 7) is 10.5. The maximum Gasteiger partial charge on any atom is 0.333 e. The van der Waals surface area contributed by atoms with Crippen LogP contribution in [0.5, 0.6) is 0 Å². The van der Waals surface area contributed by atoms with E-state index in [9.17, 15) is 14.4 Å². The number of ether oxygens (including phenoxy) is 2. The van der Waals surface area contributed by atoms with Gasteiger partial charge in [0.1, 0.15) is 18.0 Å². The summed E-state index contributed by atoms with van der Waals surface area (Å²) in [4.78, 5) is 36.0. The van der Waals surface area contributed by atoms with E-state index in [4.69, 9.17) is 9.47 Å². The molecule has 2 aliphatic rings. The van der Waals surface area contributed by atoms with E-state index < -0.39 is 0 Å². The molecular weight excluding hydrogens is 332 g/mol. The lowest BCUT2D eigenvalue weighted by Crippen LogP contribution is -2.34. The second-order valence-corrected chi connectivity index (χ2v) is 7.72. The minimum absolute atomic E-state index is 0.0642. The Bertz CT molecular complexity index is 525. The minimum atomic E-state index is -0.345. The van der Waals surface area contributed by atoms with Crippen molar-refractivity contribution in [1.29, 1.82) is 0 Å². The third-order valence-corrected chi connectivity index (χ3v) is 5.40. The van der Waals surface area contributed by atoms with Crippen LogP contribution in [0, 0.1) is 11.8 Å². The normalized spacial score (nSPS) is 28.7. The fraction of sp³-hybridized carbons (Fsp3) is 0.667. The van der Waals surface area contributed by atoms with Gasteiger partial charge in [-0.2, -0.15) is 0 Å². The van der Waals surface area contributed by atoms with Crippen LogP contribution in [-0.2, 0) is 23.9 Å². The van der Waals surface area contributed by atoms with E-state index in [1.54, 1.807) is 13.8 Å². The van der Waals surface area contributed by atoms with Gasteiger partial charge in [0.05, 0.1) is 0 Å². The molecule has 144 valence electrons. The van der Waals surface area contributed by atoms with Gasteiger partial charge in [0, 0.05) is 23.0 Å². The molecule has 2 rings (SSSR count). The number of hydrogen-bond donors (Lipinski definition) is 0. The van der Waals surface area contributed by atoms with E-state index in [1.807, 2.05) is 0 Å². The Morgan fingerprint density at radius 1 is 0.654 bits per heavy atom. The molecule has 0 aromatic carbocycles. The summed E-state index contributed by atoms with van der Waals surface area (Å²) in [5.74, 6) is -0.229. The van der Waals surface area contributed by atoms with Crippen molar-refractivity contribution < 1.29 is 23.9 Å². The molecule has 0 aromatic rings. The van der Waals surface area contributed by atoms with Crippen molar-refractivity contribution in [2.45, 2.75) is 77.4 Å². The number of ketones is 1. The van der Waals surface area contributed by atoms with Gasteiger partial charge in [-0.25, -0.2) is 9.59 Å². The SMILES string of the molecule is C=C(C)C(=O)OC1CCC(C(=O)C2CCC(OC(=O)C(=C)C)CC2)CC1. The number of rotatable bonds is 6. The zero-order chi connectivity index (χ0) is 19.3. The quantitative estimate of drug-likeness (QED) is 0.529. The van der Waals surface area contributed by atoms with E-state index >= 15 is 0 Å². The van der Waals surface area contributed by atoms with Gasteiger partial charge in [-0.15, -0.1) is 0 Å². The second-order valence-electron chi connectivity index (χ2n) is 7.72. The van der Waals surface area contributed by atoms with Gasteiger partial charge in [-0.3, -0.25) is 4.79 Å². The molecule has 5 nitrogen and oxygen atoms in total. The lowest BCUT2D eigenvalue weighted by molar-refractivity contribution is -0.146. The standard InChI is InChI=1S/C21H30O5/c1-13(2)20(23)25-17-9-5-15(6-10-17)19(22)16-7-11-18(12-8-16)26-21(24)14(3)4/h15-18H,1,3,5-12H2,2,4H3. The van der Waals surface area contributed by atoms with Gasteiger partial charge in [-0.1, -0.05) is 13.2 Å². The molecule has 2 saturated carbocycles. The third-order valence-electron chi connectivity index (χ3n) is 5.40. The van der Waals surface area contributed by atoms with Crippen molar-refractivity contribution in [2.75, 3.05) is 0 Å². The van der Waals surface area contributed by atoms with Gasteiger partial charge in [0.25, 0.3) is 0 Å². The molecule has 2 fully saturated rings. The number of hydrogen-bond acceptors (Lipinski definition) is 5. The van der Waals surface area contributed by atoms with Gasteiger partial charge in [0.15, 0.2) is 0 Å². The highest BCUT2D eigenvalue weighted by Crippen LogP contribution is 2.34. The molecule has 0 spiro atoms. The lowest BCUT2D eigenvalue weighted by atomic mass is 9.75. The van der Waals surface area contributed by atoms with Crippen LogP contribution in [0.25, 0.3) is 0 Å². The first-order valence-electron chi connectivity index (χ1n) is 9.54. The highest BCUT2D eigenvalue weighted by Gasteiger charge is 2.34. The van der Waals surface area contributed by atoms with Crippen molar-refractivity contribution in [3.05, 3.63) is 24.3 Å². The average molecular weight is 362 g/mol. The Labute approximate surface area is 155 Å². The maximum atomic E-state index is 12.8. The van der Waals surface area contributed by atoms with Gasteiger partial charge >= 0.3 is 11.9 Å². The average Bonchev–Trinajstić information content (AvgIpc) is 2.62. The zero-order valence-corrected chi connectivity index (χ0v) is 15.9. The van der Waals surface area contributed by atoms with E-state index in [2.05, 4.69) is 13.2 Å². The Balaban J connectivity index is 1.74. The van der Waals surface area contributed by atoms with Crippen molar-refractivity contribution in [3.63, 3.8) is 0 Å².